The van der Waals surface area contributed by atoms with E-state index in [1.54, 1.807) is 6.92 Å². The molecule has 0 saturated heterocycles. The van der Waals surface area contributed by atoms with Crippen molar-refractivity contribution in [3.05, 3.63) is 46.8 Å². The number of imidazole rings is 1. The van der Waals surface area contributed by atoms with Crippen LogP contribution >= 0.6 is 11.6 Å². The van der Waals surface area contributed by atoms with Crippen LogP contribution in [-0.4, -0.2) is 78.7 Å². The minimum Gasteiger partial charge on any atom is -0.483 e. The summed E-state index contributed by atoms with van der Waals surface area (Å²) in [5, 5.41) is 26.1. The summed E-state index contributed by atoms with van der Waals surface area (Å²) in [5.74, 6) is -4.52. The Morgan fingerprint density at radius 1 is 1.29 bits per heavy atom. The van der Waals surface area contributed by atoms with E-state index < -0.39 is 55.2 Å². The topological polar surface area (TPSA) is 200 Å². The van der Waals surface area contributed by atoms with Crippen molar-refractivity contribution in [2.24, 2.45) is 0 Å². The maximum absolute atomic E-state index is 15.1. The lowest BCUT2D eigenvalue weighted by atomic mass is 9.93. The first-order chi connectivity index (χ1) is 17.9. The lowest BCUT2D eigenvalue weighted by molar-refractivity contribution is -0.188. The van der Waals surface area contributed by atoms with Gasteiger partial charge in [-0.15, -0.1) is 0 Å². The van der Waals surface area contributed by atoms with Gasteiger partial charge in [0.2, 0.25) is 5.28 Å². The second-order valence-corrected chi connectivity index (χ2v) is 8.19. The number of nitrogens with zero attached hydrogens (tertiary/aromatic N) is 4. The molecule has 0 aliphatic heterocycles. The fraction of sp³-hybridized carbons (Fsp3) is 0.364. The number of nitrogen functional groups attached to an aromatic ring is 1. The molecule has 0 amide bonds. The number of ether oxygens (including phenoxy) is 2. The Bertz CT molecular complexity index is 1290. The average Bonchev–Trinajstić information content (AvgIpc) is 3.26. The van der Waals surface area contributed by atoms with Crippen LogP contribution in [0.4, 0.5) is 14.6 Å². The van der Waals surface area contributed by atoms with E-state index in [-0.39, 0.29) is 34.3 Å². The number of hydrogen-bond acceptors (Lipinski definition) is 9. The van der Waals surface area contributed by atoms with Crippen LogP contribution in [0.25, 0.3) is 11.2 Å². The number of anilines is 1. The number of rotatable bonds is 11. The number of alkyl halides is 1. The maximum Gasteiger partial charge on any atom is 0.348 e. The van der Waals surface area contributed by atoms with Gasteiger partial charge in [-0.05, 0) is 35.7 Å². The molecule has 2 unspecified atom stereocenters. The zero-order valence-electron chi connectivity index (χ0n) is 20.0. The fourth-order valence-electron chi connectivity index (χ4n) is 3.39. The van der Waals surface area contributed by atoms with Crippen LogP contribution in [0, 0.1) is 12.7 Å². The highest BCUT2D eigenvalue weighted by molar-refractivity contribution is 6.28. The molecule has 0 bridgehead atoms. The molecular weight excluding hydrogens is 536 g/mol. The number of methoxy groups -OCH3 is 1. The van der Waals surface area contributed by atoms with Crippen LogP contribution in [0.3, 0.4) is 0 Å². The van der Waals surface area contributed by atoms with Crippen molar-refractivity contribution >= 4 is 47.0 Å². The fourth-order valence-corrected chi connectivity index (χ4v) is 3.57. The molecule has 5 N–H and O–H groups in total. The van der Waals surface area contributed by atoms with E-state index in [9.17, 15) is 24.2 Å². The van der Waals surface area contributed by atoms with E-state index in [1.807, 2.05) is 0 Å². The largest absolute Gasteiger partial charge is 0.483 e. The van der Waals surface area contributed by atoms with E-state index in [4.69, 9.17) is 36.7 Å². The van der Waals surface area contributed by atoms with Gasteiger partial charge in [0.15, 0.2) is 17.8 Å². The van der Waals surface area contributed by atoms with Gasteiger partial charge in [-0.3, -0.25) is 9.36 Å². The Hall–Kier alpha value is -3.95. The predicted molar refractivity (Wildman–Crippen MR) is 128 cm³/mol. The van der Waals surface area contributed by atoms with Crippen LogP contribution in [0.15, 0.2) is 24.5 Å². The number of carbonyl (C=O) groups is 3. The zero-order chi connectivity index (χ0) is 28.6. The summed E-state index contributed by atoms with van der Waals surface area (Å²) < 4.78 is 41.0. The SMILES string of the molecule is COC(COC(Cc1ccc(C)cc1F)(C(=O)O)C(=O)O)CC(F)n1cnc2c(N)nc(Cl)nc21.O=CO. The standard InChI is InChI=1S/C21H22ClF2N5O6.CH2O2/c1-10-3-4-11(13(23)5-10)7-21(18(30)31,19(32)33)35-8-12(34-2)6-14(24)29-9-26-15-16(25)27-20(22)28-17(15)29;2-1-3/h3-5,9,12,14H,6-8H2,1-2H3,(H,30,31)(H,32,33)(H2,25,27,28);1H,(H,2,3). The van der Waals surface area contributed by atoms with E-state index in [1.165, 1.54) is 19.2 Å². The first-order valence-corrected chi connectivity index (χ1v) is 11.0. The first-order valence-electron chi connectivity index (χ1n) is 10.7. The summed E-state index contributed by atoms with van der Waals surface area (Å²) in [4.78, 5) is 43.9. The Balaban J connectivity index is 0.00000161. The lowest BCUT2D eigenvalue weighted by Crippen LogP contribution is -2.52. The third-order valence-electron chi connectivity index (χ3n) is 5.37. The summed E-state index contributed by atoms with van der Waals surface area (Å²) in [6, 6.07) is 3.94. The van der Waals surface area contributed by atoms with Crippen molar-refractivity contribution in [2.75, 3.05) is 19.5 Å². The molecule has 16 heteroatoms. The molecule has 2 aromatic heterocycles. The number of benzene rings is 1. The Labute approximate surface area is 218 Å². The van der Waals surface area contributed by atoms with Gasteiger partial charge in [0.25, 0.3) is 12.1 Å². The van der Waals surface area contributed by atoms with E-state index >= 15 is 4.39 Å². The quantitative estimate of drug-likeness (QED) is 0.152. The molecule has 0 fully saturated rings. The van der Waals surface area contributed by atoms with Crippen LogP contribution < -0.4 is 5.73 Å². The third-order valence-corrected chi connectivity index (χ3v) is 5.54. The molecule has 0 saturated carbocycles. The van der Waals surface area contributed by atoms with Crippen molar-refractivity contribution in [3.8, 4) is 0 Å². The molecule has 3 rings (SSSR count). The molecule has 206 valence electrons. The molecule has 13 nitrogen and oxygen atoms in total. The molecule has 38 heavy (non-hydrogen) atoms. The number of carboxylic acid groups (broad SMARTS) is 3. The number of hydrogen-bond donors (Lipinski definition) is 4. The number of fused-ring (bicyclic) bond motifs is 1. The van der Waals surface area contributed by atoms with E-state index in [0.29, 0.717) is 5.56 Å². The van der Waals surface area contributed by atoms with Crippen LogP contribution in [0.1, 0.15) is 23.8 Å². The first kappa shape index (κ1) is 30.3. The highest BCUT2D eigenvalue weighted by atomic mass is 35.5. The van der Waals surface area contributed by atoms with Crippen molar-refractivity contribution in [1.82, 2.24) is 19.5 Å². The second kappa shape index (κ2) is 13.0. The maximum atomic E-state index is 15.1. The van der Waals surface area contributed by atoms with Crippen LogP contribution in [0.5, 0.6) is 0 Å². The molecule has 0 aliphatic carbocycles. The average molecular weight is 560 g/mol. The lowest BCUT2D eigenvalue weighted by Gasteiger charge is -2.28. The highest BCUT2D eigenvalue weighted by Crippen LogP contribution is 2.27. The summed E-state index contributed by atoms with van der Waals surface area (Å²) in [7, 11) is 1.21. The molecule has 3 aromatic rings. The Morgan fingerprint density at radius 2 is 1.92 bits per heavy atom. The number of aromatic nitrogens is 4. The number of nitrogens with two attached hydrogens (primary N) is 1. The normalized spacial score (nSPS) is 12.9. The van der Waals surface area contributed by atoms with Gasteiger partial charge < -0.3 is 30.5 Å². The summed E-state index contributed by atoms with van der Waals surface area (Å²) >= 11 is 5.79. The van der Waals surface area contributed by atoms with Gasteiger partial charge >= 0.3 is 11.9 Å². The van der Waals surface area contributed by atoms with Gasteiger partial charge in [0.05, 0.1) is 19.0 Å². The zero-order valence-corrected chi connectivity index (χ0v) is 20.8. The van der Waals surface area contributed by atoms with Gasteiger partial charge in [0, 0.05) is 20.0 Å². The Morgan fingerprint density at radius 3 is 2.47 bits per heavy atom. The molecular formula is C22H24ClF2N5O8. The third kappa shape index (κ3) is 6.87. The molecule has 0 radical (unpaired) electrons. The van der Waals surface area contributed by atoms with Crippen molar-refractivity contribution in [1.29, 1.82) is 0 Å². The molecule has 0 aliphatic rings. The number of carboxylic acids is 2. The molecule has 2 heterocycles. The van der Waals surface area contributed by atoms with Gasteiger partial charge in [-0.2, -0.15) is 9.97 Å². The number of halogens is 3. The van der Waals surface area contributed by atoms with Crippen molar-refractivity contribution in [3.63, 3.8) is 0 Å². The van der Waals surface area contributed by atoms with E-state index in [2.05, 4.69) is 15.0 Å². The van der Waals surface area contributed by atoms with Gasteiger partial charge in [-0.25, -0.2) is 23.4 Å². The highest BCUT2D eigenvalue weighted by Gasteiger charge is 2.49. The summed E-state index contributed by atoms with van der Waals surface area (Å²) in [5.41, 5.74) is 3.42. The smallest absolute Gasteiger partial charge is 0.348 e. The van der Waals surface area contributed by atoms with Crippen LogP contribution in [-0.2, 0) is 30.3 Å². The minimum atomic E-state index is -2.84. The molecule has 0 spiro atoms. The predicted octanol–water partition coefficient (Wildman–Crippen LogP) is 2.25. The van der Waals surface area contributed by atoms with Gasteiger partial charge in [-0.1, -0.05) is 12.1 Å². The molecule has 2 atom stereocenters. The van der Waals surface area contributed by atoms with E-state index in [0.717, 1.165) is 17.0 Å². The minimum absolute atomic E-state index is 0.0195. The molecule has 1 aromatic carbocycles. The number of aliphatic carboxylic acids is 2. The van der Waals surface area contributed by atoms with Crippen molar-refractivity contribution in [2.45, 2.75) is 37.8 Å². The number of aryl methyl sites for hydroxylation is 1. The summed E-state index contributed by atoms with van der Waals surface area (Å²) in [6.07, 6.45) is -2.99. The second-order valence-electron chi connectivity index (χ2n) is 7.86. The monoisotopic (exact) mass is 559 g/mol. The van der Waals surface area contributed by atoms with Crippen LogP contribution in [0.2, 0.25) is 5.28 Å². The van der Waals surface area contributed by atoms with Crippen molar-refractivity contribution < 1.29 is 48.0 Å². The summed E-state index contributed by atoms with van der Waals surface area (Å²) in [6.45, 7) is 0.743. The Kier molecular flexibility index (Phi) is 10.4. The van der Waals surface area contributed by atoms with Gasteiger partial charge in [0.1, 0.15) is 11.3 Å².